The molecule has 1 aromatic heterocycles. The van der Waals surface area contributed by atoms with Crippen LogP contribution in [0.15, 0.2) is 23.4 Å². The molecule has 72 valence electrons. The SMILES string of the molecule is CCCC(C)Cn1cnccc1=O. The summed E-state index contributed by atoms with van der Waals surface area (Å²) in [4.78, 5) is 15.2. The maximum Gasteiger partial charge on any atom is 0.253 e. The molecule has 1 unspecified atom stereocenters. The van der Waals surface area contributed by atoms with E-state index in [-0.39, 0.29) is 5.56 Å². The number of nitrogens with zero attached hydrogens (tertiary/aromatic N) is 2. The molecule has 0 spiro atoms. The van der Waals surface area contributed by atoms with Gasteiger partial charge < -0.3 is 0 Å². The second-order valence-electron chi connectivity index (χ2n) is 3.46. The fourth-order valence-corrected chi connectivity index (χ4v) is 1.44. The van der Waals surface area contributed by atoms with Gasteiger partial charge >= 0.3 is 0 Å². The van der Waals surface area contributed by atoms with Gasteiger partial charge in [-0.25, -0.2) is 4.98 Å². The summed E-state index contributed by atoms with van der Waals surface area (Å²) in [5.41, 5.74) is 0.0398. The molecule has 0 aliphatic carbocycles. The molecule has 1 atom stereocenters. The minimum absolute atomic E-state index is 0.0398. The van der Waals surface area contributed by atoms with E-state index in [1.54, 1.807) is 10.9 Å². The van der Waals surface area contributed by atoms with Gasteiger partial charge in [0.25, 0.3) is 5.56 Å². The molecule has 1 heterocycles. The lowest BCUT2D eigenvalue weighted by Gasteiger charge is -2.10. The summed E-state index contributed by atoms with van der Waals surface area (Å²) in [7, 11) is 0. The summed E-state index contributed by atoms with van der Waals surface area (Å²) >= 11 is 0. The molecule has 0 saturated heterocycles. The van der Waals surface area contributed by atoms with Gasteiger partial charge in [-0.1, -0.05) is 20.3 Å². The van der Waals surface area contributed by atoms with Crippen molar-refractivity contribution >= 4 is 0 Å². The molecule has 0 aromatic carbocycles. The third-order valence-corrected chi connectivity index (χ3v) is 2.08. The van der Waals surface area contributed by atoms with Crippen molar-refractivity contribution in [2.45, 2.75) is 33.2 Å². The Balaban J connectivity index is 2.63. The first-order valence-electron chi connectivity index (χ1n) is 4.74. The molecule has 1 aromatic rings. The first-order valence-corrected chi connectivity index (χ1v) is 4.74. The third-order valence-electron chi connectivity index (χ3n) is 2.08. The zero-order chi connectivity index (χ0) is 9.68. The summed E-state index contributed by atoms with van der Waals surface area (Å²) in [6.07, 6.45) is 5.45. The predicted octanol–water partition coefficient (Wildman–Crippen LogP) is 1.68. The highest BCUT2D eigenvalue weighted by Crippen LogP contribution is 2.05. The van der Waals surface area contributed by atoms with Crippen LogP contribution in [0.3, 0.4) is 0 Å². The largest absolute Gasteiger partial charge is 0.299 e. The fraction of sp³-hybridized carbons (Fsp3) is 0.600. The van der Waals surface area contributed by atoms with Crippen LogP contribution in [0.1, 0.15) is 26.7 Å². The molecule has 0 amide bonds. The van der Waals surface area contributed by atoms with E-state index < -0.39 is 0 Å². The average molecular weight is 180 g/mol. The van der Waals surface area contributed by atoms with E-state index in [9.17, 15) is 4.79 Å². The molecule has 0 aliphatic rings. The van der Waals surface area contributed by atoms with Crippen LogP contribution in [0, 0.1) is 5.92 Å². The smallest absolute Gasteiger partial charge is 0.253 e. The van der Waals surface area contributed by atoms with Crippen molar-refractivity contribution in [3.8, 4) is 0 Å². The van der Waals surface area contributed by atoms with Crippen LogP contribution >= 0.6 is 0 Å². The molecule has 0 aliphatic heterocycles. The van der Waals surface area contributed by atoms with Crippen LogP contribution < -0.4 is 5.56 Å². The van der Waals surface area contributed by atoms with Gasteiger partial charge in [0, 0.05) is 18.8 Å². The van der Waals surface area contributed by atoms with E-state index in [4.69, 9.17) is 0 Å². The molecule has 3 nitrogen and oxygen atoms in total. The van der Waals surface area contributed by atoms with Crippen molar-refractivity contribution in [2.75, 3.05) is 0 Å². The zero-order valence-electron chi connectivity index (χ0n) is 8.23. The molecule has 0 saturated carbocycles. The second kappa shape index (κ2) is 4.80. The third kappa shape index (κ3) is 3.01. The van der Waals surface area contributed by atoms with Gasteiger partial charge in [0.15, 0.2) is 0 Å². The number of hydrogen-bond donors (Lipinski definition) is 0. The summed E-state index contributed by atoms with van der Waals surface area (Å²) in [5, 5.41) is 0. The maximum atomic E-state index is 11.3. The quantitative estimate of drug-likeness (QED) is 0.706. The van der Waals surface area contributed by atoms with Gasteiger partial charge in [0.2, 0.25) is 0 Å². The Bertz CT molecular complexity index is 306. The molecule has 13 heavy (non-hydrogen) atoms. The van der Waals surface area contributed by atoms with Gasteiger partial charge in [0.05, 0.1) is 6.33 Å². The van der Waals surface area contributed by atoms with Crippen LogP contribution in [0.25, 0.3) is 0 Å². The Hall–Kier alpha value is -1.12. The highest BCUT2D eigenvalue weighted by molar-refractivity contribution is 4.82. The van der Waals surface area contributed by atoms with Crippen LogP contribution in [0.4, 0.5) is 0 Å². The normalized spacial score (nSPS) is 12.8. The Labute approximate surface area is 78.4 Å². The standard InChI is InChI=1S/C10H16N2O/c1-3-4-9(2)7-12-8-11-6-5-10(12)13/h5-6,8-9H,3-4,7H2,1-2H3. The number of rotatable bonds is 4. The van der Waals surface area contributed by atoms with Crippen molar-refractivity contribution in [1.29, 1.82) is 0 Å². The molecule has 1 rings (SSSR count). The number of aromatic nitrogens is 2. The van der Waals surface area contributed by atoms with Gasteiger partial charge in [-0.15, -0.1) is 0 Å². The van der Waals surface area contributed by atoms with E-state index in [2.05, 4.69) is 18.8 Å². The summed E-state index contributed by atoms with van der Waals surface area (Å²) in [6.45, 7) is 5.09. The predicted molar refractivity (Wildman–Crippen MR) is 52.6 cm³/mol. The lowest BCUT2D eigenvalue weighted by Crippen LogP contribution is -2.22. The van der Waals surface area contributed by atoms with Crippen molar-refractivity contribution in [2.24, 2.45) is 5.92 Å². The van der Waals surface area contributed by atoms with Crippen LogP contribution in [-0.2, 0) is 6.54 Å². The summed E-state index contributed by atoms with van der Waals surface area (Å²) in [6, 6.07) is 1.50. The molecule has 0 bridgehead atoms. The first kappa shape index (κ1) is 9.96. The minimum atomic E-state index is 0.0398. The molecule has 0 fully saturated rings. The summed E-state index contributed by atoms with van der Waals surface area (Å²) < 4.78 is 1.67. The second-order valence-corrected chi connectivity index (χ2v) is 3.46. The molecule has 0 N–H and O–H groups in total. The highest BCUT2D eigenvalue weighted by Gasteiger charge is 2.02. The van der Waals surface area contributed by atoms with Gasteiger partial charge in [-0.2, -0.15) is 0 Å². The maximum absolute atomic E-state index is 11.3. The average Bonchev–Trinajstić information content (AvgIpc) is 2.09. The van der Waals surface area contributed by atoms with Crippen LogP contribution in [0.5, 0.6) is 0 Å². The van der Waals surface area contributed by atoms with Crippen molar-refractivity contribution in [3.05, 3.63) is 28.9 Å². The van der Waals surface area contributed by atoms with Crippen molar-refractivity contribution in [3.63, 3.8) is 0 Å². The van der Waals surface area contributed by atoms with E-state index in [1.807, 2.05) is 0 Å². The number of hydrogen-bond acceptors (Lipinski definition) is 2. The van der Waals surface area contributed by atoms with Crippen LogP contribution in [-0.4, -0.2) is 9.55 Å². The topological polar surface area (TPSA) is 34.9 Å². The Morgan fingerprint density at radius 1 is 1.62 bits per heavy atom. The Morgan fingerprint density at radius 2 is 2.38 bits per heavy atom. The molecular formula is C10H16N2O. The van der Waals surface area contributed by atoms with Gasteiger partial charge in [-0.3, -0.25) is 9.36 Å². The minimum Gasteiger partial charge on any atom is -0.299 e. The molecule has 0 radical (unpaired) electrons. The van der Waals surface area contributed by atoms with Gasteiger partial charge in [0.1, 0.15) is 0 Å². The zero-order valence-corrected chi connectivity index (χ0v) is 8.23. The highest BCUT2D eigenvalue weighted by atomic mass is 16.1. The monoisotopic (exact) mass is 180 g/mol. The lowest BCUT2D eigenvalue weighted by molar-refractivity contribution is 0.435. The van der Waals surface area contributed by atoms with Crippen LogP contribution in [0.2, 0.25) is 0 Å². The van der Waals surface area contributed by atoms with Gasteiger partial charge in [-0.05, 0) is 12.3 Å². The van der Waals surface area contributed by atoms with Crippen molar-refractivity contribution < 1.29 is 0 Å². The first-order chi connectivity index (χ1) is 6.24. The van der Waals surface area contributed by atoms with E-state index in [0.717, 1.165) is 19.4 Å². The molecular weight excluding hydrogens is 164 g/mol. The van der Waals surface area contributed by atoms with Crippen molar-refractivity contribution in [1.82, 2.24) is 9.55 Å². The Kier molecular flexibility index (Phi) is 3.68. The van der Waals surface area contributed by atoms with E-state index in [1.165, 1.54) is 12.3 Å². The fourth-order valence-electron chi connectivity index (χ4n) is 1.44. The Morgan fingerprint density at radius 3 is 3.00 bits per heavy atom. The van der Waals surface area contributed by atoms with E-state index >= 15 is 0 Å². The van der Waals surface area contributed by atoms with E-state index in [0.29, 0.717) is 5.92 Å². The molecule has 3 heteroatoms. The summed E-state index contributed by atoms with van der Waals surface area (Å²) in [5.74, 6) is 0.548. The lowest BCUT2D eigenvalue weighted by atomic mass is 10.1.